The summed E-state index contributed by atoms with van der Waals surface area (Å²) in [6.45, 7) is 3.50. The van der Waals surface area contributed by atoms with E-state index in [2.05, 4.69) is 12.3 Å². The molecule has 0 bridgehead atoms. The summed E-state index contributed by atoms with van der Waals surface area (Å²) < 4.78 is 5.46. The van der Waals surface area contributed by atoms with Crippen molar-refractivity contribution in [2.24, 2.45) is 5.84 Å². The van der Waals surface area contributed by atoms with Crippen molar-refractivity contribution in [1.29, 1.82) is 0 Å². The molecule has 0 spiro atoms. The first kappa shape index (κ1) is 12.7. The fourth-order valence-electron chi connectivity index (χ4n) is 1.27. The van der Waals surface area contributed by atoms with Crippen molar-refractivity contribution >= 4 is 5.91 Å². The Balaban J connectivity index is 2.42. The normalized spacial score (nSPS) is 10.1. The Morgan fingerprint density at radius 2 is 2.06 bits per heavy atom. The summed E-state index contributed by atoms with van der Waals surface area (Å²) in [5, 5.41) is 0. The zero-order valence-electron chi connectivity index (χ0n) is 9.53. The number of hydrogen-bond acceptors (Lipinski definition) is 3. The molecular formula is C12H18N2O2. The molecule has 1 aromatic carbocycles. The second kappa shape index (κ2) is 6.98. The number of rotatable bonds is 6. The molecule has 0 aliphatic heterocycles. The Bertz CT molecular complexity index is 322. The van der Waals surface area contributed by atoms with Crippen LogP contribution in [0.15, 0.2) is 24.3 Å². The SMILES string of the molecule is CCCCOCc1ccc(C(=O)NN)cc1. The van der Waals surface area contributed by atoms with Gasteiger partial charge in [0.15, 0.2) is 0 Å². The number of amides is 1. The van der Waals surface area contributed by atoms with Crippen LogP contribution in [-0.2, 0) is 11.3 Å². The molecule has 4 nitrogen and oxygen atoms in total. The van der Waals surface area contributed by atoms with E-state index in [1.807, 2.05) is 12.1 Å². The topological polar surface area (TPSA) is 64.3 Å². The third-order valence-corrected chi connectivity index (χ3v) is 2.26. The van der Waals surface area contributed by atoms with Crippen LogP contribution >= 0.6 is 0 Å². The molecule has 0 aliphatic rings. The lowest BCUT2D eigenvalue weighted by molar-refractivity contribution is 0.0953. The number of carbonyl (C=O) groups is 1. The van der Waals surface area contributed by atoms with E-state index >= 15 is 0 Å². The third kappa shape index (κ3) is 4.00. The van der Waals surface area contributed by atoms with Crippen LogP contribution in [0.2, 0.25) is 0 Å². The van der Waals surface area contributed by atoms with Crippen molar-refractivity contribution in [3.05, 3.63) is 35.4 Å². The molecule has 16 heavy (non-hydrogen) atoms. The summed E-state index contributed by atoms with van der Waals surface area (Å²) in [4.78, 5) is 11.2. The van der Waals surface area contributed by atoms with E-state index < -0.39 is 0 Å². The van der Waals surface area contributed by atoms with Crippen molar-refractivity contribution in [1.82, 2.24) is 5.43 Å². The van der Waals surface area contributed by atoms with Gasteiger partial charge < -0.3 is 4.74 Å². The van der Waals surface area contributed by atoms with Crippen LogP contribution in [0.5, 0.6) is 0 Å². The molecule has 0 saturated heterocycles. The van der Waals surface area contributed by atoms with Gasteiger partial charge in [-0.1, -0.05) is 25.5 Å². The number of ether oxygens (including phenoxy) is 1. The van der Waals surface area contributed by atoms with E-state index in [4.69, 9.17) is 10.6 Å². The van der Waals surface area contributed by atoms with Crippen molar-refractivity contribution in [3.8, 4) is 0 Å². The maximum Gasteiger partial charge on any atom is 0.265 e. The standard InChI is InChI=1S/C12H18N2O2/c1-2-3-8-16-9-10-4-6-11(7-5-10)12(15)14-13/h4-7H,2-3,8-9,13H2,1H3,(H,14,15). The summed E-state index contributed by atoms with van der Waals surface area (Å²) in [5.74, 6) is 4.75. The van der Waals surface area contributed by atoms with Crippen LogP contribution in [0.25, 0.3) is 0 Å². The van der Waals surface area contributed by atoms with E-state index in [1.165, 1.54) is 0 Å². The zero-order valence-corrected chi connectivity index (χ0v) is 9.53. The number of nitrogens with one attached hydrogen (secondary N) is 1. The van der Waals surface area contributed by atoms with Crippen LogP contribution in [0, 0.1) is 0 Å². The second-order valence-corrected chi connectivity index (χ2v) is 3.58. The van der Waals surface area contributed by atoms with Crippen LogP contribution in [-0.4, -0.2) is 12.5 Å². The highest BCUT2D eigenvalue weighted by Crippen LogP contribution is 2.06. The Morgan fingerprint density at radius 1 is 1.38 bits per heavy atom. The fraction of sp³-hybridized carbons (Fsp3) is 0.417. The van der Waals surface area contributed by atoms with E-state index in [0.717, 1.165) is 25.0 Å². The molecule has 0 radical (unpaired) electrons. The summed E-state index contributed by atoms with van der Waals surface area (Å²) >= 11 is 0. The number of unbranched alkanes of at least 4 members (excludes halogenated alkanes) is 1. The number of carbonyl (C=O) groups excluding carboxylic acids is 1. The molecule has 0 unspecified atom stereocenters. The van der Waals surface area contributed by atoms with Crippen LogP contribution in [0.3, 0.4) is 0 Å². The minimum absolute atomic E-state index is 0.279. The average Bonchev–Trinajstić information content (AvgIpc) is 2.34. The fourth-order valence-corrected chi connectivity index (χ4v) is 1.27. The van der Waals surface area contributed by atoms with Gasteiger partial charge in [0, 0.05) is 12.2 Å². The Labute approximate surface area is 95.8 Å². The Kier molecular flexibility index (Phi) is 5.53. The lowest BCUT2D eigenvalue weighted by Gasteiger charge is -2.04. The van der Waals surface area contributed by atoms with E-state index in [0.29, 0.717) is 12.2 Å². The molecule has 1 aromatic rings. The van der Waals surface area contributed by atoms with Gasteiger partial charge in [-0.2, -0.15) is 0 Å². The van der Waals surface area contributed by atoms with Crippen LogP contribution in [0.1, 0.15) is 35.7 Å². The van der Waals surface area contributed by atoms with Crippen LogP contribution < -0.4 is 11.3 Å². The molecule has 0 aromatic heterocycles. The van der Waals surface area contributed by atoms with Crippen LogP contribution in [0.4, 0.5) is 0 Å². The quantitative estimate of drug-likeness (QED) is 0.332. The van der Waals surface area contributed by atoms with Gasteiger partial charge in [0.2, 0.25) is 0 Å². The number of hydrogen-bond donors (Lipinski definition) is 2. The lowest BCUT2D eigenvalue weighted by Crippen LogP contribution is -2.29. The molecule has 0 fully saturated rings. The predicted molar refractivity (Wildman–Crippen MR) is 62.7 cm³/mol. The molecule has 1 amide bonds. The van der Waals surface area contributed by atoms with Gasteiger partial charge in [0.05, 0.1) is 6.61 Å². The monoisotopic (exact) mass is 222 g/mol. The zero-order chi connectivity index (χ0) is 11.8. The highest BCUT2D eigenvalue weighted by Gasteiger charge is 2.02. The number of nitrogen functional groups attached to an aromatic ring is 1. The number of nitrogens with two attached hydrogens (primary N) is 1. The Hall–Kier alpha value is -1.39. The molecular weight excluding hydrogens is 204 g/mol. The van der Waals surface area contributed by atoms with Gasteiger partial charge in [-0.25, -0.2) is 5.84 Å². The van der Waals surface area contributed by atoms with Crippen molar-refractivity contribution in [2.75, 3.05) is 6.61 Å². The lowest BCUT2D eigenvalue weighted by atomic mass is 10.1. The first-order valence-electron chi connectivity index (χ1n) is 5.45. The molecule has 0 aliphatic carbocycles. The molecule has 88 valence electrons. The van der Waals surface area contributed by atoms with E-state index in [9.17, 15) is 4.79 Å². The highest BCUT2D eigenvalue weighted by atomic mass is 16.5. The summed E-state index contributed by atoms with van der Waals surface area (Å²) in [6, 6.07) is 7.22. The molecule has 0 saturated carbocycles. The minimum atomic E-state index is -0.279. The molecule has 0 heterocycles. The molecule has 1 rings (SSSR count). The summed E-state index contributed by atoms with van der Waals surface area (Å²) in [5.41, 5.74) is 3.71. The smallest absolute Gasteiger partial charge is 0.265 e. The molecule has 3 N–H and O–H groups in total. The maximum atomic E-state index is 11.2. The number of hydrazine groups is 1. The minimum Gasteiger partial charge on any atom is -0.377 e. The van der Waals surface area contributed by atoms with Crippen molar-refractivity contribution in [2.45, 2.75) is 26.4 Å². The molecule has 0 atom stereocenters. The first-order valence-corrected chi connectivity index (χ1v) is 5.45. The summed E-state index contributed by atoms with van der Waals surface area (Å²) in [7, 11) is 0. The van der Waals surface area contributed by atoms with Gasteiger partial charge in [0.25, 0.3) is 5.91 Å². The molecule has 4 heteroatoms. The van der Waals surface area contributed by atoms with Gasteiger partial charge in [-0.05, 0) is 24.1 Å². The van der Waals surface area contributed by atoms with Gasteiger partial charge in [0.1, 0.15) is 0 Å². The summed E-state index contributed by atoms with van der Waals surface area (Å²) in [6.07, 6.45) is 2.21. The maximum absolute atomic E-state index is 11.2. The largest absolute Gasteiger partial charge is 0.377 e. The van der Waals surface area contributed by atoms with E-state index in [1.54, 1.807) is 12.1 Å². The number of benzene rings is 1. The van der Waals surface area contributed by atoms with Crippen molar-refractivity contribution in [3.63, 3.8) is 0 Å². The van der Waals surface area contributed by atoms with Crippen molar-refractivity contribution < 1.29 is 9.53 Å². The van der Waals surface area contributed by atoms with Gasteiger partial charge >= 0.3 is 0 Å². The van der Waals surface area contributed by atoms with Gasteiger partial charge in [-0.3, -0.25) is 10.2 Å². The third-order valence-electron chi connectivity index (χ3n) is 2.26. The van der Waals surface area contributed by atoms with Gasteiger partial charge in [-0.15, -0.1) is 0 Å². The average molecular weight is 222 g/mol. The predicted octanol–water partition coefficient (Wildman–Crippen LogP) is 1.61. The Morgan fingerprint density at radius 3 is 2.62 bits per heavy atom. The highest BCUT2D eigenvalue weighted by molar-refractivity contribution is 5.93. The first-order chi connectivity index (χ1) is 7.77. The van der Waals surface area contributed by atoms with E-state index in [-0.39, 0.29) is 5.91 Å². The second-order valence-electron chi connectivity index (χ2n) is 3.58.